The van der Waals surface area contributed by atoms with Gasteiger partial charge in [-0.25, -0.2) is 0 Å². The predicted octanol–water partition coefficient (Wildman–Crippen LogP) is 3.07. The Morgan fingerprint density at radius 2 is 1.96 bits per heavy atom. The maximum absolute atomic E-state index is 11.1. The number of nitrogens with zero attached hydrogens (tertiary/aromatic N) is 1. The smallest absolute Gasteiger partial charge is 0.216 e. The molecule has 0 spiro atoms. The van der Waals surface area contributed by atoms with Gasteiger partial charge in [0.05, 0.1) is 11.5 Å². The zero-order valence-corrected chi connectivity index (χ0v) is 15.5. The minimum atomic E-state index is -1.29. The second-order valence-corrected chi connectivity index (χ2v) is 7.21. The van der Waals surface area contributed by atoms with Gasteiger partial charge in [-0.05, 0) is 30.5 Å². The number of aromatic nitrogens is 1. The predicted molar refractivity (Wildman–Crippen MR) is 102 cm³/mol. The normalized spacial score (nSPS) is 26.1. The Hall–Kier alpha value is -2.04. The van der Waals surface area contributed by atoms with Crippen LogP contribution in [0.15, 0.2) is 54.2 Å². The molecule has 25 heavy (non-hydrogen) atoms. The lowest BCUT2D eigenvalue weighted by Gasteiger charge is -2.41. The monoisotopic (exact) mass is 372 g/mol. The average molecular weight is 373 g/mol. The molecule has 0 radical (unpaired) electrons. The maximum Gasteiger partial charge on any atom is 0.216 e. The third-order valence-electron chi connectivity index (χ3n) is 4.58. The van der Waals surface area contributed by atoms with Crippen molar-refractivity contribution in [3.63, 3.8) is 0 Å². The van der Waals surface area contributed by atoms with Crippen molar-refractivity contribution in [1.29, 1.82) is 5.41 Å². The Labute approximate surface area is 157 Å². The molecule has 3 N–H and O–H groups in total. The number of rotatable bonds is 2. The molecule has 1 aromatic carbocycles. The highest BCUT2D eigenvalue weighted by atomic mass is 35.5. The van der Waals surface area contributed by atoms with Crippen molar-refractivity contribution < 1.29 is 9.67 Å². The van der Waals surface area contributed by atoms with Crippen LogP contribution in [0.1, 0.15) is 30.1 Å². The van der Waals surface area contributed by atoms with Crippen molar-refractivity contribution in [2.45, 2.75) is 31.5 Å². The van der Waals surface area contributed by atoms with Crippen LogP contribution in [-0.2, 0) is 0 Å². The molecule has 3 rings (SSSR count). The number of benzene rings is 1. The van der Waals surface area contributed by atoms with Gasteiger partial charge in [-0.3, -0.25) is 5.41 Å². The first-order chi connectivity index (χ1) is 11.8. The number of piperidine rings is 1. The number of nitrogens with one attached hydrogen (secondary N) is 2. The Balaban J connectivity index is 2.25. The van der Waals surface area contributed by atoms with Gasteiger partial charge in [0, 0.05) is 24.1 Å². The number of hydrogen-bond donors (Lipinski definition) is 3. The van der Waals surface area contributed by atoms with E-state index >= 15 is 0 Å². The average Bonchev–Trinajstić information content (AvgIpc) is 2.55. The van der Waals surface area contributed by atoms with Crippen molar-refractivity contribution in [3.8, 4) is 0 Å². The molecule has 0 bridgehead atoms. The second-order valence-electron chi connectivity index (χ2n) is 6.36. The van der Waals surface area contributed by atoms with Crippen LogP contribution in [0, 0.1) is 12.3 Å². The first-order valence-corrected chi connectivity index (χ1v) is 8.70. The number of thiocarbonyl (C=S) groups is 1. The van der Waals surface area contributed by atoms with Crippen LogP contribution in [-0.4, -0.2) is 21.7 Å². The summed E-state index contributed by atoms with van der Waals surface area (Å²) in [4.78, 5) is 0.338. The third kappa shape index (κ3) is 3.24. The van der Waals surface area contributed by atoms with Crippen LogP contribution in [0.2, 0.25) is 5.02 Å². The van der Waals surface area contributed by atoms with Crippen LogP contribution in [0.25, 0.3) is 0 Å². The van der Waals surface area contributed by atoms with Crippen LogP contribution in [0.4, 0.5) is 0 Å². The lowest BCUT2D eigenvalue weighted by Crippen LogP contribution is -2.66. The molecular weight excluding hydrogens is 354 g/mol. The summed E-state index contributed by atoms with van der Waals surface area (Å²) in [6.45, 7) is 3.68. The summed E-state index contributed by atoms with van der Waals surface area (Å²) in [6.07, 6.45) is 1.93. The zero-order chi connectivity index (χ0) is 18.2. The topological polar surface area (TPSA) is 60.0 Å². The number of aryl methyl sites for hydroxylation is 1. The van der Waals surface area contributed by atoms with E-state index in [-0.39, 0.29) is 5.92 Å². The molecule has 0 amide bonds. The first-order valence-electron chi connectivity index (χ1n) is 7.92. The number of pyridine rings is 1. The molecule has 4 nitrogen and oxygen atoms in total. The Morgan fingerprint density at radius 3 is 2.56 bits per heavy atom. The fraction of sp³-hybridized carbons (Fsp3) is 0.263. The number of halogens is 1. The van der Waals surface area contributed by atoms with Gasteiger partial charge in [-0.2, -0.15) is 4.57 Å². The molecule has 3 atom stereocenters. The lowest BCUT2D eigenvalue weighted by atomic mass is 9.77. The van der Waals surface area contributed by atoms with E-state index in [1.807, 2.05) is 48.0 Å². The quantitative estimate of drug-likeness (QED) is 0.328. The molecule has 1 fully saturated rings. The summed E-state index contributed by atoms with van der Waals surface area (Å²) in [7, 11) is 0. The highest BCUT2D eigenvalue weighted by Gasteiger charge is 2.53. The molecule has 1 aliphatic heterocycles. The van der Waals surface area contributed by atoms with Gasteiger partial charge in [0.25, 0.3) is 0 Å². The fourth-order valence-electron chi connectivity index (χ4n) is 3.43. The minimum absolute atomic E-state index is 0.329. The lowest BCUT2D eigenvalue weighted by molar-refractivity contribution is -0.745. The van der Waals surface area contributed by atoms with Crippen LogP contribution in [0.5, 0.6) is 0 Å². The van der Waals surface area contributed by atoms with E-state index < -0.39 is 11.8 Å². The largest absolute Gasteiger partial charge is 0.366 e. The van der Waals surface area contributed by atoms with Crippen molar-refractivity contribution in [2.75, 3.05) is 0 Å². The molecule has 0 saturated carbocycles. The molecule has 1 aromatic heterocycles. The fourth-order valence-corrected chi connectivity index (χ4v) is 3.94. The molecule has 0 aliphatic carbocycles. The van der Waals surface area contributed by atoms with Crippen LogP contribution < -0.4 is 9.88 Å². The standard InChI is InChI=1S/C19H18ClN3OS/c1-12-5-3-4-10-23(12)17-16(13-6-8-14(20)9-7-13)15(11-21)18(25)22-19(17,2)24/h3-10,16-17,21,24H,1-2H3/p+1. The highest BCUT2D eigenvalue weighted by molar-refractivity contribution is 7.80. The molecule has 2 heterocycles. The molecule has 2 aromatic rings. The van der Waals surface area contributed by atoms with E-state index in [9.17, 15) is 5.11 Å². The molecule has 1 aliphatic rings. The Bertz CT molecular complexity index is 872. The maximum atomic E-state index is 11.1. The van der Waals surface area contributed by atoms with E-state index in [1.54, 1.807) is 19.1 Å². The van der Waals surface area contributed by atoms with Crippen LogP contribution in [0.3, 0.4) is 0 Å². The van der Waals surface area contributed by atoms with Crippen molar-refractivity contribution in [3.05, 3.63) is 70.5 Å². The molecule has 6 heteroatoms. The summed E-state index contributed by atoms with van der Waals surface area (Å²) < 4.78 is 2.01. The van der Waals surface area contributed by atoms with Crippen LogP contribution >= 0.6 is 23.8 Å². The summed E-state index contributed by atoms with van der Waals surface area (Å²) in [5.41, 5.74) is 1.16. The Kier molecular flexibility index (Phi) is 4.76. The number of hydrogen-bond acceptors (Lipinski definition) is 3. The summed E-state index contributed by atoms with van der Waals surface area (Å²) in [5.74, 6) is 2.15. The molecular formula is C19H19ClN3OS+. The van der Waals surface area contributed by atoms with Gasteiger partial charge >= 0.3 is 0 Å². The van der Waals surface area contributed by atoms with E-state index in [4.69, 9.17) is 29.2 Å². The van der Waals surface area contributed by atoms with E-state index in [0.717, 1.165) is 11.3 Å². The first kappa shape index (κ1) is 17.8. The van der Waals surface area contributed by atoms with Gasteiger partial charge in [0.15, 0.2) is 17.6 Å². The van der Waals surface area contributed by atoms with Crippen molar-refractivity contribution in [2.24, 2.45) is 0 Å². The van der Waals surface area contributed by atoms with E-state index in [2.05, 4.69) is 11.2 Å². The number of aliphatic hydroxyl groups is 1. The molecule has 1 saturated heterocycles. The zero-order valence-electron chi connectivity index (χ0n) is 14.0. The third-order valence-corrected chi connectivity index (χ3v) is 5.15. The molecule has 128 valence electrons. The molecule has 3 unspecified atom stereocenters. The van der Waals surface area contributed by atoms with E-state index in [0.29, 0.717) is 15.6 Å². The van der Waals surface area contributed by atoms with Gasteiger partial charge in [0.2, 0.25) is 6.04 Å². The van der Waals surface area contributed by atoms with Crippen molar-refractivity contribution >= 4 is 34.7 Å². The van der Waals surface area contributed by atoms with Gasteiger partial charge < -0.3 is 10.4 Å². The SMILES string of the molecule is Cc1cccc[n+]1C1C(c2ccc(Cl)cc2)C(=C=N)C(=S)NC1(C)O. The summed E-state index contributed by atoms with van der Waals surface area (Å²) in [5, 5.41) is 22.5. The Morgan fingerprint density at radius 1 is 1.28 bits per heavy atom. The van der Waals surface area contributed by atoms with Crippen molar-refractivity contribution in [1.82, 2.24) is 5.32 Å². The minimum Gasteiger partial charge on any atom is -0.366 e. The summed E-state index contributed by atoms with van der Waals surface area (Å²) in [6, 6.07) is 12.9. The van der Waals surface area contributed by atoms with Gasteiger partial charge in [-0.15, -0.1) is 0 Å². The second kappa shape index (κ2) is 6.70. The van der Waals surface area contributed by atoms with Gasteiger partial charge in [-0.1, -0.05) is 42.0 Å². The van der Waals surface area contributed by atoms with E-state index in [1.165, 1.54) is 0 Å². The summed E-state index contributed by atoms with van der Waals surface area (Å²) >= 11 is 11.4. The van der Waals surface area contributed by atoms with Gasteiger partial charge in [0.1, 0.15) is 4.99 Å². The highest BCUT2D eigenvalue weighted by Crippen LogP contribution is 2.41.